The van der Waals surface area contributed by atoms with Gasteiger partial charge in [-0.05, 0) is 80.9 Å². The summed E-state index contributed by atoms with van der Waals surface area (Å²) in [4.78, 5) is 12.0. The van der Waals surface area contributed by atoms with E-state index in [2.05, 4.69) is 28.3 Å². The molecule has 11 heteroatoms. The number of carboxylic acids is 1. The molecule has 1 aliphatic heterocycles. The first-order chi connectivity index (χ1) is 20.9. The van der Waals surface area contributed by atoms with E-state index in [1.165, 1.54) is 22.5 Å². The Hall–Kier alpha value is -4.14. The number of hydrogen-bond acceptors (Lipinski definition) is 4. The van der Waals surface area contributed by atoms with Crippen molar-refractivity contribution in [1.29, 1.82) is 0 Å². The van der Waals surface area contributed by atoms with Gasteiger partial charge in [0.2, 0.25) is 10.0 Å². The zero-order valence-corrected chi connectivity index (χ0v) is 27.2. The van der Waals surface area contributed by atoms with Crippen molar-refractivity contribution in [2.24, 2.45) is 0 Å². The van der Waals surface area contributed by atoms with Crippen LogP contribution in [-0.4, -0.2) is 36.4 Å². The number of carboxylic acid groups (broad SMARTS) is 1. The monoisotopic (exact) mass is 686 g/mol. The van der Waals surface area contributed by atoms with Crippen LogP contribution in [-0.2, 0) is 16.6 Å². The zero-order chi connectivity index (χ0) is 32.6. The van der Waals surface area contributed by atoms with Crippen LogP contribution in [0.3, 0.4) is 0 Å². The quantitative estimate of drug-likeness (QED) is 0.199. The number of nitrogens with zero attached hydrogens (tertiary/aromatic N) is 2. The van der Waals surface area contributed by atoms with E-state index in [0.717, 1.165) is 22.3 Å². The minimum Gasteiger partial charge on any atom is -0.488 e. The van der Waals surface area contributed by atoms with Gasteiger partial charge in [-0.25, -0.2) is 22.0 Å². The number of benzene rings is 3. The third kappa shape index (κ3) is 7.87. The number of sulfonamides is 1. The van der Waals surface area contributed by atoms with E-state index in [1.54, 1.807) is 25.1 Å². The van der Waals surface area contributed by atoms with Crippen molar-refractivity contribution in [2.45, 2.75) is 40.7 Å². The molecule has 1 N–H and O–H groups in total. The molecule has 1 saturated heterocycles. The van der Waals surface area contributed by atoms with Crippen LogP contribution in [0, 0.1) is 30.9 Å². The minimum atomic E-state index is -3.54. The van der Waals surface area contributed by atoms with Crippen LogP contribution in [0.4, 0.5) is 14.5 Å². The molecule has 7 nitrogen and oxygen atoms in total. The number of halogens is 3. The average Bonchev–Trinajstić information content (AvgIpc) is 3.55. The van der Waals surface area contributed by atoms with Gasteiger partial charge in [-0.15, -0.1) is 12.3 Å². The first kappa shape index (κ1) is 34.4. The van der Waals surface area contributed by atoms with Crippen LogP contribution >= 0.6 is 15.9 Å². The maximum absolute atomic E-state index is 14.2. The number of aromatic carboxylic acids is 1. The maximum atomic E-state index is 14.2. The Bertz CT molecular complexity index is 1800. The van der Waals surface area contributed by atoms with Gasteiger partial charge in [0.05, 0.1) is 22.7 Å². The summed E-state index contributed by atoms with van der Waals surface area (Å²) < 4.78 is 62.6. The molecule has 0 saturated carbocycles. The fourth-order valence-corrected chi connectivity index (χ4v) is 6.54. The minimum absolute atomic E-state index is 0.000814. The van der Waals surface area contributed by atoms with E-state index >= 15 is 0 Å². The number of ether oxygens (including phenoxy) is 1. The van der Waals surface area contributed by atoms with Gasteiger partial charge in [0.15, 0.2) is 0 Å². The van der Waals surface area contributed by atoms with E-state index in [0.29, 0.717) is 29.1 Å². The van der Waals surface area contributed by atoms with Gasteiger partial charge in [-0.3, -0.25) is 4.31 Å². The molecule has 0 aliphatic carbocycles. The summed E-state index contributed by atoms with van der Waals surface area (Å²) in [5.41, 5.74) is 2.89. The first-order valence-corrected chi connectivity index (χ1v) is 16.2. The molecule has 44 heavy (non-hydrogen) atoms. The Morgan fingerprint density at radius 2 is 1.73 bits per heavy atom. The highest BCUT2D eigenvalue weighted by atomic mass is 79.9. The lowest BCUT2D eigenvalue weighted by Crippen LogP contribution is -2.25. The van der Waals surface area contributed by atoms with Gasteiger partial charge >= 0.3 is 5.97 Å². The van der Waals surface area contributed by atoms with Crippen LogP contribution in [0.1, 0.15) is 48.8 Å². The summed E-state index contributed by atoms with van der Waals surface area (Å²) >= 11 is 3.48. The normalized spacial score (nSPS) is 13.2. The molecule has 2 heterocycles. The number of rotatable bonds is 7. The molecule has 1 aliphatic rings. The fourth-order valence-electron chi connectivity index (χ4n) is 4.64. The largest absolute Gasteiger partial charge is 0.488 e. The third-order valence-corrected chi connectivity index (χ3v) is 8.85. The molecule has 0 spiro atoms. The number of hydrogen-bond donors (Lipinski definition) is 1. The molecule has 0 radical (unpaired) electrons. The number of aromatic nitrogens is 1. The van der Waals surface area contributed by atoms with Crippen molar-refractivity contribution in [3.8, 4) is 35.0 Å². The Kier molecular flexibility index (Phi) is 11.7. The summed E-state index contributed by atoms with van der Waals surface area (Å²) in [5.74, 6) is 0.0779. The van der Waals surface area contributed by atoms with Crippen molar-refractivity contribution < 1.29 is 31.8 Å². The van der Waals surface area contributed by atoms with E-state index in [-0.39, 0.29) is 35.7 Å². The number of terminal acetylenes is 1. The number of anilines is 1. The molecule has 0 amide bonds. The molecule has 0 atom stereocenters. The molecular formula is C33H33BrF2N2O5S. The van der Waals surface area contributed by atoms with Gasteiger partial charge in [-0.1, -0.05) is 29.8 Å². The van der Waals surface area contributed by atoms with Gasteiger partial charge in [0.25, 0.3) is 0 Å². The Morgan fingerprint density at radius 1 is 1.05 bits per heavy atom. The highest BCUT2D eigenvalue weighted by Crippen LogP contribution is 2.37. The van der Waals surface area contributed by atoms with E-state index in [4.69, 9.17) is 4.74 Å². The van der Waals surface area contributed by atoms with Crippen LogP contribution in [0.2, 0.25) is 0 Å². The van der Waals surface area contributed by atoms with Gasteiger partial charge in [0, 0.05) is 39.6 Å². The van der Waals surface area contributed by atoms with Crippen molar-refractivity contribution in [2.75, 3.05) is 16.6 Å². The predicted octanol–water partition coefficient (Wildman–Crippen LogP) is 7.98. The summed E-state index contributed by atoms with van der Waals surface area (Å²) in [7, 11) is -3.54. The molecule has 3 aromatic carbocycles. The van der Waals surface area contributed by atoms with Crippen LogP contribution in [0.25, 0.3) is 16.9 Å². The van der Waals surface area contributed by atoms with Crippen LogP contribution in [0.5, 0.6) is 5.75 Å². The molecule has 5 rings (SSSR count). The molecular weight excluding hydrogens is 654 g/mol. The summed E-state index contributed by atoms with van der Waals surface area (Å²) in [6.45, 7) is 7.62. The van der Waals surface area contributed by atoms with Crippen molar-refractivity contribution in [3.63, 3.8) is 0 Å². The van der Waals surface area contributed by atoms with Crippen LogP contribution in [0.15, 0.2) is 71.2 Å². The van der Waals surface area contributed by atoms with Gasteiger partial charge in [-0.2, -0.15) is 0 Å². The maximum Gasteiger partial charge on any atom is 0.335 e. The van der Waals surface area contributed by atoms with Gasteiger partial charge in [0.1, 0.15) is 24.0 Å². The molecule has 1 aromatic heterocycles. The standard InChI is InChI=1S/C28H23BrF2N2O5S.C3H4.C2H6/c1-17-3-7-26(24-13-20(29)5-8-27(24)38-16-18-4-6-21(30)14-25(18)31)33(17)23-12-19(28(34)35)11-22(15-23)32-9-2-10-39(32,36)37;1-3-2;1-2/h3-8,11-15H,2,9-10,16H2,1H3,(H,34,35);1H,2H3;1-2H3. The highest BCUT2D eigenvalue weighted by molar-refractivity contribution is 9.10. The number of aryl methyl sites for hydroxylation is 1. The lowest BCUT2D eigenvalue weighted by molar-refractivity contribution is 0.0696. The second-order valence-electron chi connectivity index (χ2n) is 9.43. The summed E-state index contributed by atoms with van der Waals surface area (Å²) in [5, 5.41) is 9.80. The van der Waals surface area contributed by atoms with E-state index < -0.39 is 27.6 Å². The summed E-state index contributed by atoms with van der Waals surface area (Å²) in [6.07, 6.45) is 5.05. The molecule has 0 unspecified atom stereocenters. The SMILES string of the molecule is C#CC.CC.Cc1ccc(-c2cc(Br)ccc2OCc2ccc(F)cc2F)n1-c1cc(C(=O)O)cc(N2CCCS2(=O)=O)c1. The van der Waals surface area contributed by atoms with Gasteiger partial charge < -0.3 is 14.4 Å². The molecule has 232 valence electrons. The lowest BCUT2D eigenvalue weighted by atomic mass is 10.1. The molecule has 4 aromatic rings. The van der Waals surface area contributed by atoms with Crippen molar-refractivity contribution >= 4 is 37.6 Å². The third-order valence-electron chi connectivity index (χ3n) is 6.49. The Labute approximate surface area is 265 Å². The Morgan fingerprint density at radius 3 is 2.34 bits per heavy atom. The molecule has 1 fully saturated rings. The van der Waals surface area contributed by atoms with E-state index in [1.807, 2.05) is 43.5 Å². The van der Waals surface area contributed by atoms with Crippen molar-refractivity contribution in [3.05, 3.63) is 99.7 Å². The highest BCUT2D eigenvalue weighted by Gasteiger charge is 2.30. The smallest absolute Gasteiger partial charge is 0.335 e. The second-order valence-corrected chi connectivity index (χ2v) is 12.4. The summed E-state index contributed by atoms with van der Waals surface area (Å²) in [6, 6.07) is 16.7. The lowest BCUT2D eigenvalue weighted by Gasteiger charge is -2.21. The zero-order valence-electron chi connectivity index (χ0n) is 24.8. The fraction of sp³-hybridized carbons (Fsp3) is 0.242. The molecule has 0 bridgehead atoms. The van der Waals surface area contributed by atoms with E-state index in [9.17, 15) is 27.1 Å². The van der Waals surface area contributed by atoms with Crippen LogP contribution < -0.4 is 9.04 Å². The number of carbonyl (C=O) groups is 1. The average molecular weight is 688 g/mol. The first-order valence-electron chi connectivity index (χ1n) is 13.8. The second kappa shape index (κ2) is 15.0. The Balaban J connectivity index is 0.000000997. The predicted molar refractivity (Wildman–Crippen MR) is 173 cm³/mol. The van der Waals surface area contributed by atoms with Crippen molar-refractivity contribution in [1.82, 2.24) is 4.57 Å². The topological polar surface area (TPSA) is 88.8 Å².